The van der Waals surface area contributed by atoms with Crippen molar-refractivity contribution in [3.8, 4) is 0 Å². The highest BCUT2D eigenvalue weighted by molar-refractivity contribution is 6.03. The number of hydrogen-bond acceptors (Lipinski definition) is 2. The molecule has 0 fully saturated rings. The van der Waals surface area contributed by atoms with Gasteiger partial charge in [0.15, 0.2) is 0 Å². The molecule has 1 aromatic rings. The molecule has 0 saturated carbocycles. The predicted molar refractivity (Wildman–Crippen MR) is 88.6 cm³/mol. The van der Waals surface area contributed by atoms with Gasteiger partial charge in [0.05, 0.1) is 0 Å². The van der Waals surface area contributed by atoms with E-state index < -0.39 is 0 Å². The average molecular weight is 300 g/mol. The number of amides is 2. The molecule has 4 nitrogen and oxygen atoms in total. The lowest BCUT2D eigenvalue weighted by Crippen LogP contribution is -2.36. The number of rotatable bonds is 5. The maximum atomic E-state index is 12.0. The summed E-state index contributed by atoms with van der Waals surface area (Å²) in [5.41, 5.74) is 3.12. The Kier molecular flexibility index (Phi) is 5.75. The van der Waals surface area contributed by atoms with Crippen molar-refractivity contribution in [3.05, 3.63) is 41.5 Å². The summed E-state index contributed by atoms with van der Waals surface area (Å²) in [4.78, 5) is 23.8. The monoisotopic (exact) mass is 300 g/mol. The van der Waals surface area contributed by atoms with Crippen LogP contribution in [0.2, 0.25) is 0 Å². The number of carbonyl (C=O) groups is 2. The van der Waals surface area contributed by atoms with Gasteiger partial charge in [-0.15, -0.1) is 0 Å². The lowest BCUT2D eigenvalue weighted by atomic mass is 9.95. The molecule has 2 rings (SSSR count). The zero-order valence-corrected chi connectivity index (χ0v) is 13.3. The molecule has 1 aromatic carbocycles. The highest BCUT2D eigenvalue weighted by Crippen LogP contribution is 2.20. The Bertz CT molecular complexity index is 561. The topological polar surface area (TPSA) is 58.2 Å². The number of anilines is 1. The van der Waals surface area contributed by atoms with Crippen molar-refractivity contribution in [1.82, 2.24) is 5.32 Å². The molecule has 0 radical (unpaired) electrons. The first kappa shape index (κ1) is 16.3. The second-order valence-corrected chi connectivity index (χ2v) is 5.91. The maximum Gasteiger partial charge on any atom is 0.233 e. The van der Waals surface area contributed by atoms with Crippen LogP contribution in [0.1, 0.15) is 44.6 Å². The third-order valence-corrected chi connectivity index (χ3v) is 3.92. The molecule has 118 valence electrons. The molecule has 2 amide bonds. The first-order valence-corrected chi connectivity index (χ1v) is 7.89. The highest BCUT2D eigenvalue weighted by Gasteiger charge is 2.16. The van der Waals surface area contributed by atoms with Gasteiger partial charge in [0.2, 0.25) is 11.8 Å². The largest absolute Gasteiger partial charge is 0.349 e. The Morgan fingerprint density at radius 2 is 1.86 bits per heavy atom. The fraction of sp³-hybridized carbons (Fsp3) is 0.444. The van der Waals surface area contributed by atoms with E-state index in [9.17, 15) is 9.59 Å². The first-order chi connectivity index (χ1) is 10.5. The van der Waals surface area contributed by atoms with Gasteiger partial charge in [-0.3, -0.25) is 9.59 Å². The van der Waals surface area contributed by atoms with Crippen LogP contribution >= 0.6 is 0 Å². The molecule has 2 N–H and O–H groups in total. The summed E-state index contributed by atoms with van der Waals surface area (Å²) in [5.74, 6) is -0.519. The highest BCUT2D eigenvalue weighted by atomic mass is 16.2. The molecule has 0 aromatic heterocycles. The van der Waals surface area contributed by atoms with Crippen LogP contribution in [-0.2, 0) is 9.59 Å². The predicted octanol–water partition coefficient (Wildman–Crippen LogP) is 3.33. The van der Waals surface area contributed by atoms with Crippen LogP contribution in [0.4, 0.5) is 5.69 Å². The summed E-state index contributed by atoms with van der Waals surface area (Å²) >= 11 is 0. The van der Waals surface area contributed by atoms with E-state index in [4.69, 9.17) is 0 Å². The van der Waals surface area contributed by atoms with Crippen molar-refractivity contribution >= 4 is 17.5 Å². The van der Waals surface area contributed by atoms with Crippen molar-refractivity contribution in [3.63, 3.8) is 0 Å². The van der Waals surface area contributed by atoms with Gasteiger partial charge in [0.1, 0.15) is 6.42 Å². The maximum absolute atomic E-state index is 12.0. The van der Waals surface area contributed by atoms with Gasteiger partial charge >= 0.3 is 0 Å². The molecular weight excluding hydrogens is 276 g/mol. The van der Waals surface area contributed by atoms with Crippen LogP contribution in [-0.4, -0.2) is 17.9 Å². The Morgan fingerprint density at radius 1 is 1.14 bits per heavy atom. The van der Waals surface area contributed by atoms with Crippen LogP contribution in [0.3, 0.4) is 0 Å². The molecule has 1 aliphatic carbocycles. The number of nitrogens with one attached hydrogen (secondary N) is 2. The summed E-state index contributed by atoms with van der Waals surface area (Å²) in [5, 5.41) is 5.65. The van der Waals surface area contributed by atoms with Crippen molar-refractivity contribution in [2.45, 2.75) is 52.0 Å². The SMILES string of the molecule is Cc1ccc(NC(=O)CC(=O)NC(C)C2=CCCCC2)cc1. The van der Waals surface area contributed by atoms with E-state index in [0.717, 1.165) is 18.4 Å². The average Bonchev–Trinajstić information content (AvgIpc) is 2.50. The Hall–Kier alpha value is -2.10. The second kappa shape index (κ2) is 7.78. The van der Waals surface area contributed by atoms with Crippen LogP contribution < -0.4 is 10.6 Å². The van der Waals surface area contributed by atoms with Crippen molar-refractivity contribution in [2.75, 3.05) is 5.32 Å². The van der Waals surface area contributed by atoms with Crippen molar-refractivity contribution in [1.29, 1.82) is 0 Å². The van der Waals surface area contributed by atoms with Gasteiger partial charge in [-0.25, -0.2) is 0 Å². The van der Waals surface area contributed by atoms with E-state index in [2.05, 4.69) is 16.7 Å². The molecule has 22 heavy (non-hydrogen) atoms. The Labute approximate surface area is 132 Å². The van der Waals surface area contributed by atoms with Crippen LogP contribution in [0.25, 0.3) is 0 Å². The van der Waals surface area contributed by atoms with Crippen LogP contribution in [0.5, 0.6) is 0 Å². The van der Waals surface area contributed by atoms with E-state index in [-0.39, 0.29) is 24.3 Å². The van der Waals surface area contributed by atoms with Gasteiger partial charge in [-0.05, 0) is 51.7 Å². The van der Waals surface area contributed by atoms with Crippen LogP contribution in [0.15, 0.2) is 35.9 Å². The Morgan fingerprint density at radius 3 is 2.50 bits per heavy atom. The molecule has 0 spiro atoms. The van der Waals surface area contributed by atoms with E-state index in [1.807, 2.05) is 38.1 Å². The van der Waals surface area contributed by atoms with Gasteiger partial charge < -0.3 is 10.6 Å². The van der Waals surface area contributed by atoms with Crippen molar-refractivity contribution < 1.29 is 9.59 Å². The minimum atomic E-state index is -0.286. The van der Waals surface area contributed by atoms with Gasteiger partial charge in [0.25, 0.3) is 0 Å². The fourth-order valence-electron chi connectivity index (χ4n) is 2.63. The Balaban J connectivity index is 1.79. The lowest BCUT2D eigenvalue weighted by molar-refractivity contribution is -0.127. The number of aryl methyl sites for hydroxylation is 1. The van der Waals surface area contributed by atoms with E-state index in [1.165, 1.54) is 18.4 Å². The van der Waals surface area contributed by atoms with Gasteiger partial charge in [0, 0.05) is 11.7 Å². The quantitative estimate of drug-likeness (QED) is 0.647. The lowest BCUT2D eigenvalue weighted by Gasteiger charge is -2.20. The van der Waals surface area contributed by atoms with Gasteiger partial charge in [-0.1, -0.05) is 29.3 Å². The number of hydrogen-bond donors (Lipinski definition) is 2. The minimum Gasteiger partial charge on any atom is -0.349 e. The molecule has 0 heterocycles. The molecule has 0 saturated heterocycles. The summed E-state index contributed by atoms with van der Waals surface area (Å²) in [6.45, 7) is 3.97. The molecule has 1 unspecified atom stereocenters. The number of benzene rings is 1. The van der Waals surface area contributed by atoms with E-state index in [1.54, 1.807) is 0 Å². The fourth-order valence-corrected chi connectivity index (χ4v) is 2.63. The van der Waals surface area contributed by atoms with Crippen molar-refractivity contribution in [2.24, 2.45) is 0 Å². The third-order valence-electron chi connectivity index (χ3n) is 3.92. The van der Waals surface area contributed by atoms with E-state index in [0.29, 0.717) is 5.69 Å². The minimum absolute atomic E-state index is 0.0139. The summed E-state index contributed by atoms with van der Waals surface area (Å²) in [6, 6.07) is 7.53. The number of carbonyl (C=O) groups excluding carboxylic acids is 2. The molecule has 1 aliphatic rings. The molecule has 0 bridgehead atoms. The number of allylic oxidation sites excluding steroid dienone is 1. The summed E-state index contributed by atoms with van der Waals surface area (Å²) in [6.07, 6.45) is 6.59. The standard InChI is InChI=1S/C18H24N2O2/c1-13-8-10-16(11-9-13)20-18(22)12-17(21)19-14(2)15-6-4-3-5-7-15/h6,8-11,14H,3-5,7,12H2,1-2H3,(H,19,21)(H,20,22). The molecular formula is C18H24N2O2. The molecule has 1 atom stereocenters. The first-order valence-electron chi connectivity index (χ1n) is 7.89. The normalized spacial score (nSPS) is 15.6. The third kappa shape index (κ3) is 5.02. The zero-order chi connectivity index (χ0) is 15.9. The zero-order valence-electron chi connectivity index (χ0n) is 13.3. The van der Waals surface area contributed by atoms with Gasteiger partial charge in [-0.2, -0.15) is 0 Å². The molecule has 4 heteroatoms. The summed E-state index contributed by atoms with van der Waals surface area (Å²) < 4.78 is 0. The smallest absolute Gasteiger partial charge is 0.233 e. The summed E-state index contributed by atoms with van der Waals surface area (Å²) in [7, 11) is 0. The second-order valence-electron chi connectivity index (χ2n) is 5.91. The van der Waals surface area contributed by atoms with E-state index >= 15 is 0 Å². The molecule has 0 aliphatic heterocycles. The van der Waals surface area contributed by atoms with Crippen LogP contribution in [0, 0.1) is 6.92 Å².